The number of hydrogen-bond donors (Lipinski definition) is 0. The first-order valence-corrected chi connectivity index (χ1v) is 8.01. The summed E-state index contributed by atoms with van der Waals surface area (Å²) >= 11 is 0. The van der Waals surface area contributed by atoms with Gasteiger partial charge in [-0.3, -0.25) is 4.79 Å². The molecule has 22 heavy (non-hydrogen) atoms. The second kappa shape index (κ2) is 5.99. The molecule has 0 spiro atoms. The molecule has 1 amide bonds. The number of ether oxygens (including phenoxy) is 1. The molecule has 0 aliphatic carbocycles. The first-order chi connectivity index (χ1) is 10.6. The number of carbonyl (C=O) groups excluding carboxylic acids is 1. The monoisotopic (exact) mass is 297 g/mol. The normalized spacial score (nSPS) is 21.9. The van der Waals surface area contributed by atoms with E-state index in [0.717, 1.165) is 23.6 Å². The third kappa shape index (κ3) is 2.56. The van der Waals surface area contributed by atoms with Crippen LogP contribution in [0.2, 0.25) is 0 Å². The van der Waals surface area contributed by atoms with Crippen LogP contribution < -0.4 is 4.74 Å². The highest BCUT2D eigenvalue weighted by Crippen LogP contribution is 2.31. The van der Waals surface area contributed by atoms with E-state index in [2.05, 4.69) is 13.8 Å². The Bertz CT molecular complexity index is 685. The molecule has 1 aliphatic heterocycles. The lowest BCUT2D eigenvalue weighted by Crippen LogP contribution is -2.47. The summed E-state index contributed by atoms with van der Waals surface area (Å²) in [7, 11) is 1.63. The van der Waals surface area contributed by atoms with E-state index in [4.69, 9.17) is 4.74 Å². The van der Waals surface area contributed by atoms with E-state index < -0.39 is 0 Å². The minimum Gasteiger partial charge on any atom is -0.496 e. The van der Waals surface area contributed by atoms with Crippen LogP contribution >= 0.6 is 0 Å². The lowest BCUT2D eigenvalue weighted by molar-refractivity contribution is 0.0508. The third-order valence-electron chi connectivity index (χ3n) is 4.73. The predicted octanol–water partition coefficient (Wildman–Crippen LogP) is 4.25. The quantitative estimate of drug-likeness (QED) is 0.829. The van der Waals surface area contributed by atoms with Gasteiger partial charge in [0.15, 0.2) is 0 Å². The molecule has 2 unspecified atom stereocenters. The Balaban J connectivity index is 2.05. The van der Waals surface area contributed by atoms with Crippen molar-refractivity contribution >= 4 is 16.7 Å². The van der Waals surface area contributed by atoms with E-state index in [0.29, 0.717) is 11.3 Å². The largest absolute Gasteiger partial charge is 0.496 e. The molecule has 0 bridgehead atoms. The zero-order valence-corrected chi connectivity index (χ0v) is 13.5. The van der Waals surface area contributed by atoms with Crippen LogP contribution in [0, 0.1) is 0 Å². The maximum Gasteiger partial charge on any atom is 0.258 e. The van der Waals surface area contributed by atoms with Crippen molar-refractivity contribution in [3.05, 3.63) is 42.0 Å². The van der Waals surface area contributed by atoms with Gasteiger partial charge in [-0.2, -0.15) is 0 Å². The number of likely N-dealkylation sites (tertiary alicyclic amines) is 1. The van der Waals surface area contributed by atoms with Crippen LogP contribution in [0.5, 0.6) is 5.75 Å². The summed E-state index contributed by atoms with van der Waals surface area (Å²) in [5.74, 6) is 0.746. The summed E-state index contributed by atoms with van der Waals surface area (Å²) < 4.78 is 5.49. The van der Waals surface area contributed by atoms with E-state index in [9.17, 15) is 4.79 Å². The Morgan fingerprint density at radius 3 is 2.27 bits per heavy atom. The molecule has 3 rings (SSSR count). The van der Waals surface area contributed by atoms with Crippen LogP contribution in [0.1, 0.15) is 43.5 Å². The molecule has 1 saturated heterocycles. The first-order valence-electron chi connectivity index (χ1n) is 8.01. The Kier molecular flexibility index (Phi) is 4.06. The topological polar surface area (TPSA) is 29.5 Å². The van der Waals surface area contributed by atoms with Crippen LogP contribution in [0.3, 0.4) is 0 Å². The number of carbonyl (C=O) groups is 1. The predicted molar refractivity (Wildman–Crippen MR) is 89.4 cm³/mol. The molecule has 1 aliphatic rings. The van der Waals surface area contributed by atoms with E-state index in [1.54, 1.807) is 7.11 Å². The van der Waals surface area contributed by atoms with Gasteiger partial charge in [-0.05, 0) is 56.0 Å². The SMILES string of the molecule is COc1cc2ccccc2cc1C(=O)N1C(C)CCCC1C. The Labute approximate surface area is 131 Å². The van der Waals surface area contributed by atoms with Crippen molar-refractivity contribution in [2.45, 2.75) is 45.2 Å². The van der Waals surface area contributed by atoms with Crippen molar-refractivity contribution in [2.75, 3.05) is 7.11 Å². The van der Waals surface area contributed by atoms with E-state index >= 15 is 0 Å². The van der Waals surface area contributed by atoms with Crippen LogP contribution in [0.4, 0.5) is 0 Å². The molecule has 0 saturated carbocycles. The van der Waals surface area contributed by atoms with Crippen molar-refractivity contribution in [2.24, 2.45) is 0 Å². The zero-order chi connectivity index (χ0) is 15.7. The first kappa shape index (κ1) is 14.9. The fraction of sp³-hybridized carbons (Fsp3) is 0.421. The number of fused-ring (bicyclic) bond motifs is 1. The molecule has 2 atom stereocenters. The highest BCUT2D eigenvalue weighted by molar-refractivity contribution is 6.02. The van der Waals surface area contributed by atoms with E-state index in [-0.39, 0.29) is 18.0 Å². The van der Waals surface area contributed by atoms with Gasteiger partial charge in [-0.15, -0.1) is 0 Å². The lowest BCUT2D eigenvalue weighted by atomic mass is 9.95. The molecule has 0 N–H and O–H groups in total. The average molecular weight is 297 g/mol. The Morgan fingerprint density at radius 1 is 1.09 bits per heavy atom. The van der Waals surface area contributed by atoms with Gasteiger partial charge >= 0.3 is 0 Å². The van der Waals surface area contributed by atoms with Crippen LogP contribution in [0.15, 0.2) is 36.4 Å². The van der Waals surface area contributed by atoms with Crippen molar-refractivity contribution < 1.29 is 9.53 Å². The number of piperidine rings is 1. The fourth-order valence-corrected chi connectivity index (χ4v) is 3.52. The molecule has 116 valence electrons. The van der Waals surface area contributed by atoms with Gasteiger partial charge in [0.2, 0.25) is 0 Å². The number of methoxy groups -OCH3 is 1. The van der Waals surface area contributed by atoms with Crippen molar-refractivity contribution in [1.82, 2.24) is 4.90 Å². The van der Waals surface area contributed by atoms with Gasteiger partial charge < -0.3 is 9.64 Å². The molecule has 2 aromatic carbocycles. The number of amides is 1. The fourth-order valence-electron chi connectivity index (χ4n) is 3.52. The lowest BCUT2D eigenvalue weighted by Gasteiger charge is -2.39. The minimum atomic E-state index is 0.0855. The Hall–Kier alpha value is -2.03. The Morgan fingerprint density at radius 2 is 1.68 bits per heavy atom. The average Bonchev–Trinajstić information content (AvgIpc) is 2.53. The summed E-state index contributed by atoms with van der Waals surface area (Å²) in [4.78, 5) is 15.1. The van der Waals surface area contributed by atoms with Gasteiger partial charge in [0.05, 0.1) is 12.7 Å². The number of hydrogen-bond acceptors (Lipinski definition) is 2. The number of nitrogens with zero attached hydrogens (tertiary/aromatic N) is 1. The summed E-state index contributed by atoms with van der Waals surface area (Å²) in [6.07, 6.45) is 3.35. The second-order valence-electron chi connectivity index (χ2n) is 6.24. The molecule has 3 heteroatoms. The maximum atomic E-state index is 13.1. The van der Waals surface area contributed by atoms with Crippen molar-refractivity contribution in [3.8, 4) is 5.75 Å². The molecular weight excluding hydrogens is 274 g/mol. The molecule has 0 aromatic heterocycles. The summed E-state index contributed by atoms with van der Waals surface area (Å²) in [6.45, 7) is 4.28. The van der Waals surface area contributed by atoms with Crippen LogP contribution in [-0.2, 0) is 0 Å². The van der Waals surface area contributed by atoms with Crippen LogP contribution in [-0.4, -0.2) is 30.0 Å². The zero-order valence-electron chi connectivity index (χ0n) is 13.5. The molecule has 0 radical (unpaired) electrons. The molecule has 3 nitrogen and oxygen atoms in total. The van der Waals surface area contributed by atoms with E-state index in [1.807, 2.05) is 41.3 Å². The minimum absolute atomic E-state index is 0.0855. The summed E-state index contributed by atoms with van der Waals surface area (Å²) in [5, 5.41) is 2.17. The maximum absolute atomic E-state index is 13.1. The summed E-state index contributed by atoms with van der Waals surface area (Å²) in [5.41, 5.74) is 0.668. The van der Waals surface area contributed by atoms with Gasteiger partial charge in [-0.1, -0.05) is 24.3 Å². The van der Waals surface area contributed by atoms with Gasteiger partial charge in [0.1, 0.15) is 5.75 Å². The van der Waals surface area contributed by atoms with Crippen LogP contribution in [0.25, 0.3) is 10.8 Å². The number of benzene rings is 2. The van der Waals surface area contributed by atoms with Gasteiger partial charge in [0.25, 0.3) is 5.91 Å². The summed E-state index contributed by atoms with van der Waals surface area (Å²) in [6, 6.07) is 12.6. The van der Waals surface area contributed by atoms with E-state index in [1.165, 1.54) is 6.42 Å². The highest BCUT2D eigenvalue weighted by atomic mass is 16.5. The van der Waals surface area contributed by atoms with Crippen molar-refractivity contribution in [3.63, 3.8) is 0 Å². The third-order valence-corrected chi connectivity index (χ3v) is 4.73. The number of rotatable bonds is 2. The molecule has 1 fully saturated rings. The highest BCUT2D eigenvalue weighted by Gasteiger charge is 2.31. The van der Waals surface area contributed by atoms with Gasteiger partial charge in [0, 0.05) is 12.1 Å². The standard InChI is InChI=1S/C19H23NO2/c1-13-7-6-8-14(2)20(13)19(21)17-11-15-9-4-5-10-16(15)12-18(17)22-3/h4-5,9-14H,6-8H2,1-3H3. The van der Waals surface area contributed by atoms with Crippen molar-refractivity contribution in [1.29, 1.82) is 0 Å². The molecular formula is C19H23NO2. The molecule has 1 heterocycles. The second-order valence-corrected chi connectivity index (χ2v) is 6.24. The molecule has 2 aromatic rings. The smallest absolute Gasteiger partial charge is 0.258 e. The van der Waals surface area contributed by atoms with Gasteiger partial charge in [-0.25, -0.2) is 0 Å².